The molecule has 10 N–H and O–H groups in total. The average Bonchev–Trinajstić information content (AvgIpc) is 2.16. The zero-order chi connectivity index (χ0) is 61.9. The van der Waals surface area contributed by atoms with Crippen LogP contribution in [0.15, 0.2) is 50.6 Å². The van der Waals surface area contributed by atoms with Gasteiger partial charge in [0, 0.05) is 13.1 Å². The molecule has 18 atom stereocenters. The van der Waals surface area contributed by atoms with Crippen LogP contribution >= 0.6 is 13.5 Å². The number of nitrogens with zero attached hydrogens (tertiary/aromatic N) is 16. The minimum absolute atomic E-state index is 0. The van der Waals surface area contributed by atoms with Crippen molar-refractivity contribution in [3.63, 3.8) is 0 Å². The molecule has 472 valence electrons. The largest absolute Gasteiger partial charge is 1.00 e. The molecule has 6 aliphatic heterocycles. The summed E-state index contributed by atoms with van der Waals surface area (Å²) in [6.45, 7) is -11.9. The molecule has 0 bridgehead atoms. The maximum absolute atomic E-state index is 15.9. The van der Waals surface area contributed by atoms with Gasteiger partial charge >= 0.3 is 79.7 Å². The van der Waals surface area contributed by atoms with Gasteiger partial charge in [0.15, 0.2) is 102 Å². The van der Waals surface area contributed by atoms with E-state index in [1.54, 1.807) is 0 Å². The first-order valence-electron chi connectivity index (χ1n) is 25.4. The number of imidazole rings is 4. The quantitative estimate of drug-likeness (QED) is 0.0412. The van der Waals surface area contributed by atoms with Crippen molar-refractivity contribution < 1.29 is 148 Å². The molecular weight excluding hydrogens is 1360 g/mol. The summed E-state index contributed by atoms with van der Waals surface area (Å²) in [5.74, 6) is 0.0872. The Balaban J connectivity index is 0.000000181. The monoisotopic (exact) mass is 1400 g/mol. The standard InChI is InChI=1S/2C20H22F2N11O8PS2.2Na/c2*21-9-13-7(38-19(9)32-5-29-11-15(23)25-3-27-17(11)32)1-31-44(35,36)41-14-8(2-37-42(34,43)40-13)39-20(10(14)22)33-6-30-12-16(24)26-4-28-18(12)33;;/h2*3-10,13-14,19-20,31H,1-2H2,(H,34,43)(H2,23,25,27)(H2,24,26,28);;/q;;2*+1/p-2/t2*7-,8-,9-,10-,13-,14-,19-,20-,42?;;/m11../s1. The number of rotatable bonds is 4. The molecule has 0 aliphatic carbocycles. The number of halogens is 4. The molecule has 0 saturated carbocycles. The van der Waals surface area contributed by atoms with Crippen LogP contribution in [0.4, 0.5) is 40.8 Å². The van der Waals surface area contributed by atoms with Crippen molar-refractivity contribution in [1.82, 2.24) is 87.5 Å². The minimum Gasteiger partial charge on any atom is -0.780 e. The normalized spacial score (nSPS) is 35.3. The SMILES string of the molecule is Nc1ncnc2c1ncn2[C@@H]1O[C@@H]2CNS(=O)(=O)O[C@H]3[C@@H](F)[C@H](n4cnc5c(N)ncnc54)O[C@@H]3COP(=O)([S-])O[C@H]2[C@H]1F.Nc1ncnc2c1ncn2[C@@H]1O[C@@H]2CNS(=O)(=O)O[C@H]3[C@@H](F)[C@H](n4cnc5c(N)ncnc54)O[C@@H]3COP([O-])(=S)O[C@H]2[C@H]1F.[Na+].[Na+]. The molecule has 6 fully saturated rings. The fourth-order valence-corrected chi connectivity index (χ4v) is 15.2. The first-order chi connectivity index (χ1) is 41.8. The molecule has 0 aromatic carbocycles. The predicted octanol–water partition coefficient (Wildman–Crippen LogP) is -7.88. The summed E-state index contributed by atoms with van der Waals surface area (Å²) < 4.78 is 192. The first-order valence-corrected chi connectivity index (χ1v) is 33.3. The Morgan fingerprint density at radius 3 is 1.14 bits per heavy atom. The molecule has 50 heteroatoms. The van der Waals surface area contributed by atoms with Gasteiger partial charge in [0.1, 0.15) is 103 Å². The second-order valence-electron chi connectivity index (χ2n) is 19.7. The Labute approximate surface area is 555 Å². The van der Waals surface area contributed by atoms with E-state index in [1.165, 1.54) is 43.6 Å². The van der Waals surface area contributed by atoms with Gasteiger partial charge in [-0.2, -0.15) is 26.3 Å². The Hall–Kier alpha value is -4.27. The second-order valence-corrected chi connectivity index (χ2v) is 27.9. The smallest absolute Gasteiger partial charge is 0.780 e. The third-order valence-corrected chi connectivity index (χ3v) is 19.5. The fourth-order valence-electron chi connectivity index (χ4n) is 10.4. The number of anilines is 4. The van der Waals surface area contributed by atoms with Crippen molar-refractivity contribution in [2.24, 2.45) is 0 Å². The predicted molar refractivity (Wildman–Crippen MR) is 289 cm³/mol. The molecule has 6 saturated heterocycles. The van der Waals surface area contributed by atoms with Crippen LogP contribution < -0.4 is 96.4 Å². The summed E-state index contributed by atoms with van der Waals surface area (Å²) in [5.41, 5.74) is 24.2. The number of fused-ring (bicyclic) bond motifs is 8. The van der Waals surface area contributed by atoms with Crippen LogP contribution in [-0.4, -0.2) is 195 Å². The van der Waals surface area contributed by atoms with Gasteiger partial charge in [0.25, 0.3) is 0 Å². The number of hydrogen-bond acceptors (Lipinski definition) is 34. The first kappa shape index (κ1) is 67.2. The summed E-state index contributed by atoms with van der Waals surface area (Å²) in [5, 5.41) is 0. The number of nitrogen functional groups attached to an aromatic ring is 4. The Morgan fingerprint density at radius 1 is 0.500 bits per heavy atom. The minimum atomic E-state index is -4.74. The van der Waals surface area contributed by atoms with E-state index in [-0.39, 0.29) is 127 Å². The number of alkyl halides is 4. The van der Waals surface area contributed by atoms with Crippen LogP contribution in [0.25, 0.3) is 44.7 Å². The van der Waals surface area contributed by atoms with Crippen LogP contribution in [-0.2, 0) is 94.6 Å². The molecule has 0 amide bonds. The maximum atomic E-state index is 15.9. The summed E-state index contributed by atoms with van der Waals surface area (Å²) >= 11 is 10.0. The molecule has 0 spiro atoms. The Kier molecular flexibility index (Phi) is 19.3. The van der Waals surface area contributed by atoms with Gasteiger partial charge in [-0.25, -0.2) is 85.7 Å². The Bertz CT molecular complexity index is 4090. The van der Waals surface area contributed by atoms with Gasteiger partial charge in [-0.3, -0.25) is 22.8 Å². The summed E-state index contributed by atoms with van der Waals surface area (Å²) in [7, 11) is -9.48. The maximum Gasteiger partial charge on any atom is 1.00 e. The van der Waals surface area contributed by atoms with Crippen LogP contribution in [0.2, 0.25) is 0 Å². The van der Waals surface area contributed by atoms with Crippen molar-refractivity contribution in [2.45, 2.75) is 98.4 Å². The molecule has 14 heterocycles. The second kappa shape index (κ2) is 25.8. The van der Waals surface area contributed by atoms with E-state index in [1.807, 2.05) is 0 Å². The Morgan fingerprint density at radius 2 is 0.800 bits per heavy atom. The molecule has 38 nitrogen and oxygen atoms in total. The van der Waals surface area contributed by atoms with Crippen molar-refractivity contribution in [3.05, 3.63) is 50.6 Å². The van der Waals surface area contributed by atoms with Gasteiger partial charge in [-0.05, 0) is 0 Å². The molecule has 8 aromatic rings. The van der Waals surface area contributed by atoms with Crippen molar-refractivity contribution in [3.8, 4) is 0 Å². The van der Waals surface area contributed by atoms with Gasteiger partial charge < -0.3 is 77.1 Å². The van der Waals surface area contributed by atoms with Gasteiger partial charge in [0.05, 0.1) is 38.5 Å². The van der Waals surface area contributed by atoms with E-state index in [9.17, 15) is 26.3 Å². The van der Waals surface area contributed by atoms with Gasteiger partial charge in [0.2, 0.25) is 0 Å². The van der Waals surface area contributed by atoms with E-state index in [4.69, 9.17) is 92.4 Å². The van der Waals surface area contributed by atoms with Crippen LogP contribution in [0.5, 0.6) is 0 Å². The number of aromatic nitrogens is 16. The zero-order valence-electron chi connectivity index (χ0n) is 45.7. The average molecular weight is 1400 g/mol. The van der Waals surface area contributed by atoms with E-state index < -0.39 is 159 Å². The fraction of sp³-hybridized carbons (Fsp3) is 0.500. The van der Waals surface area contributed by atoms with Crippen molar-refractivity contribution >= 4 is 126 Å². The summed E-state index contributed by atoms with van der Waals surface area (Å²) in [6, 6.07) is 0. The van der Waals surface area contributed by atoms with Crippen LogP contribution in [0, 0.1) is 0 Å². The number of hydrogen-bond donors (Lipinski definition) is 6. The van der Waals surface area contributed by atoms with E-state index >= 15 is 17.6 Å². The molecule has 6 aliphatic rings. The summed E-state index contributed by atoms with van der Waals surface area (Å²) in [6.07, 6.45) is -18.1. The number of ether oxygens (including phenoxy) is 4. The molecule has 90 heavy (non-hydrogen) atoms. The van der Waals surface area contributed by atoms with Crippen LogP contribution in [0.1, 0.15) is 24.9 Å². The van der Waals surface area contributed by atoms with Gasteiger partial charge in [-0.15, -0.1) is 0 Å². The topological polar surface area (TPSA) is 503 Å². The van der Waals surface area contributed by atoms with E-state index in [0.717, 1.165) is 25.3 Å². The van der Waals surface area contributed by atoms with E-state index in [2.05, 4.69) is 69.3 Å². The van der Waals surface area contributed by atoms with Crippen LogP contribution in [0.3, 0.4) is 0 Å². The zero-order valence-corrected chi connectivity index (χ0v) is 54.8. The molecular formula is C40H42F4N22Na2O16P2S4. The van der Waals surface area contributed by atoms with Gasteiger partial charge in [-0.1, -0.05) is 11.8 Å². The number of nitrogens with one attached hydrogen (secondary N) is 2. The summed E-state index contributed by atoms with van der Waals surface area (Å²) in [4.78, 5) is 61.0. The van der Waals surface area contributed by atoms with E-state index in [0.29, 0.717) is 0 Å². The molecule has 14 rings (SSSR count). The molecule has 8 aromatic heterocycles. The van der Waals surface area contributed by atoms with Crippen molar-refractivity contribution in [1.29, 1.82) is 0 Å². The number of nitrogens with two attached hydrogens (primary N) is 4. The molecule has 0 radical (unpaired) electrons. The third kappa shape index (κ3) is 12.8. The third-order valence-electron chi connectivity index (χ3n) is 14.4. The molecule has 2 unspecified atom stereocenters. The van der Waals surface area contributed by atoms with Crippen molar-refractivity contribution in [2.75, 3.05) is 49.2 Å².